The van der Waals surface area contributed by atoms with Gasteiger partial charge in [-0.25, -0.2) is 4.98 Å². The molecule has 2 aromatic rings. The van der Waals surface area contributed by atoms with E-state index in [4.69, 9.17) is 4.74 Å². The van der Waals surface area contributed by atoms with Crippen LogP contribution in [-0.2, 0) is 6.18 Å². The lowest BCUT2D eigenvalue weighted by Gasteiger charge is -2.23. The van der Waals surface area contributed by atoms with Crippen molar-refractivity contribution in [1.82, 2.24) is 9.97 Å². The van der Waals surface area contributed by atoms with E-state index in [0.29, 0.717) is 6.54 Å². The van der Waals surface area contributed by atoms with Crippen LogP contribution in [0.4, 0.5) is 24.8 Å². The van der Waals surface area contributed by atoms with E-state index in [0.717, 1.165) is 11.9 Å². The summed E-state index contributed by atoms with van der Waals surface area (Å²) in [5.74, 6) is -0.283. The summed E-state index contributed by atoms with van der Waals surface area (Å²) < 4.78 is 44.4. The molecule has 0 bridgehead atoms. The number of halogens is 3. The third kappa shape index (κ3) is 4.12. The molecule has 0 spiro atoms. The van der Waals surface area contributed by atoms with Crippen LogP contribution in [0.2, 0.25) is 0 Å². The molecule has 1 aromatic carbocycles. The summed E-state index contributed by atoms with van der Waals surface area (Å²) in [4.78, 5) is 9.59. The van der Waals surface area contributed by atoms with Gasteiger partial charge in [-0.05, 0) is 32.9 Å². The fraction of sp³-hybridized carbons (Fsp3) is 0.375. The first kappa shape index (κ1) is 17.1. The summed E-state index contributed by atoms with van der Waals surface area (Å²) in [6.07, 6.45) is -4.22. The zero-order valence-corrected chi connectivity index (χ0v) is 13.1. The number of rotatable bonds is 5. The van der Waals surface area contributed by atoms with Crippen LogP contribution in [-0.4, -0.2) is 22.6 Å². The largest absolute Gasteiger partial charge is 0.474 e. The molecular weight excluding hydrogens is 307 g/mol. The Bertz CT molecular complexity index is 645. The molecule has 124 valence electrons. The Hall–Kier alpha value is -2.31. The summed E-state index contributed by atoms with van der Waals surface area (Å²) >= 11 is 0. The third-order valence-corrected chi connectivity index (χ3v) is 3.02. The van der Waals surface area contributed by atoms with Gasteiger partial charge in [0.2, 0.25) is 11.8 Å². The predicted molar refractivity (Wildman–Crippen MR) is 81.9 cm³/mol. The van der Waals surface area contributed by atoms with Gasteiger partial charge < -0.3 is 9.64 Å². The van der Waals surface area contributed by atoms with Crippen molar-refractivity contribution in [3.05, 3.63) is 42.1 Å². The van der Waals surface area contributed by atoms with Crippen molar-refractivity contribution in [2.45, 2.75) is 33.1 Å². The maximum Gasteiger partial charge on any atom is 0.423 e. The second-order valence-corrected chi connectivity index (χ2v) is 5.13. The van der Waals surface area contributed by atoms with Crippen molar-refractivity contribution in [1.29, 1.82) is 0 Å². The molecule has 0 fully saturated rings. The van der Waals surface area contributed by atoms with Crippen molar-refractivity contribution < 1.29 is 17.9 Å². The zero-order chi connectivity index (χ0) is 17.0. The Morgan fingerprint density at radius 1 is 1.17 bits per heavy atom. The highest BCUT2D eigenvalue weighted by Gasteiger charge is 2.36. The number of hydrogen-bond acceptors (Lipinski definition) is 4. The third-order valence-electron chi connectivity index (χ3n) is 3.02. The highest BCUT2D eigenvalue weighted by atomic mass is 19.4. The van der Waals surface area contributed by atoms with Gasteiger partial charge >= 0.3 is 6.18 Å². The van der Waals surface area contributed by atoms with Crippen LogP contribution >= 0.6 is 0 Å². The Morgan fingerprint density at radius 3 is 2.35 bits per heavy atom. The standard InChI is InChI=1S/C16H18F3N3O/c1-4-22(12-8-6-5-7-9-12)15-20-10-13(16(17,18)19)14(21-15)23-11(2)3/h5-11H,4H2,1-3H3. The lowest BCUT2D eigenvalue weighted by Crippen LogP contribution is -2.21. The van der Waals surface area contributed by atoms with E-state index in [1.165, 1.54) is 0 Å². The minimum absolute atomic E-state index is 0.169. The number of hydrogen-bond donors (Lipinski definition) is 0. The lowest BCUT2D eigenvalue weighted by atomic mass is 10.3. The average Bonchev–Trinajstić information content (AvgIpc) is 2.47. The Balaban J connectivity index is 2.47. The number of benzene rings is 1. The SMILES string of the molecule is CCN(c1ccccc1)c1ncc(C(F)(F)F)c(OC(C)C)n1. The number of ether oxygens (including phenoxy) is 1. The highest BCUT2D eigenvalue weighted by molar-refractivity contribution is 5.57. The second-order valence-electron chi connectivity index (χ2n) is 5.13. The molecule has 0 unspecified atom stereocenters. The summed E-state index contributed by atoms with van der Waals surface area (Å²) in [6, 6.07) is 9.22. The van der Waals surface area contributed by atoms with Gasteiger partial charge in [-0.1, -0.05) is 18.2 Å². The molecule has 4 nitrogen and oxygen atoms in total. The molecule has 23 heavy (non-hydrogen) atoms. The smallest absolute Gasteiger partial charge is 0.423 e. The summed E-state index contributed by atoms with van der Waals surface area (Å²) in [6.45, 7) is 5.68. The van der Waals surface area contributed by atoms with Gasteiger partial charge in [-0.3, -0.25) is 0 Å². The summed E-state index contributed by atoms with van der Waals surface area (Å²) in [5.41, 5.74) is -0.177. The molecule has 1 aromatic heterocycles. The highest BCUT2D eigenvalue weighted by Crippen LogP contribution is 2.36. The first-order valence-corrected chi connectivity index (χ1v) is 7.26. The number of alkyl halides is 3. The minimum atomic E-state index is -4.56. The van der Waals surface area contributed by atoms with Gasteiger partial charge in [-0.15, -0.1) is 0 Å². The van der Waals surface area contributed by atoms with E-state index in [1.807, 2.05) is 37.3 Å². The first-order chi connectivity index (χ1) is 10.8. The number of anilines is 2. The molecular formula is C16H18F3N3O. The molecule has 0 aliphatic heterocycles. The lowest BCUT2D eigenvalue weighted by molar-refractivity contribution is -0.139. The van der Waals surface area contributed by atoms with E-state index >= 15 is 0 Å². The summed E-state index contributed by atoms with van der Waals surface area (Å²) in [7, 11) is 0. The molecule has 2 rings (SSSR count). The van der Waals surface area contributed by atoms with Crippen LogP contribution in [0.15, 0.2) is 36.5 Å². The van der Waals surface area contributed by atoms with Gasteiger partial charge in [-0.2, -0.15) is 18.2 Å². The molecule has 0 radical (unpaired) electrons. The van der Waals surface area contributed by atoms with Crippen LogP contribution in [0, 0.1) is 0 Å². The van der Waals surface area contributed by atoms with Crippen molar-refractivity contribution in [2.75, 3.05) is 11.4 Å². The van der Waals surface area contributed by atoms with Gasteiger partial charge in [0.15, 0.2) is 0 Å². The summed E-state index contributed by atoms with van der Waals surface area (Å²) in [5, 5.41) is 0. The van der Waals surface area contributed by atoms with E-state index < -0.39 is 23.7 Å². The number of nitrogens with zero attached hydrogens (tertiary/aromatic N) is 3. The van der Waals surface area contributed by atoms with Crippen molar-refractivity contribution in [3.63, 3.8) is 0 Å². The van der Waals surface area contributed by atoms with Gasteiger partial charge in [0.05, 0.1) is 6.10 Å². The minimum Gasteiger partial charge on any atom is -0.474 e. The molecule has 0 aliphatic carbocycles. The van der Waals surface area contributed by atoms with E-state index in [2.05, 4.69) is 9.97 Å². The topological polar surface area (TPSA) is 38.2 Å². The monoisotopic (exact) mass is 325 g/mol. The maximum atomic E-state index is 13.1. The molecule has 0 atom stereocenters. The molecule has 0 saturated carbocycles. The second kappa shape index (κ2) is 6.85. The van der Waals surface area contributed by atoms with E-state index in [1.54, 1.807) is 18.7 Å². The first-order valence-electron chi connectivity index (χ1n) is 7.26. The average molecular weight is 325 g/mol. The molecule has 1 heterocycles. The predicted octanol–water partition coefficient (Wildman–Crippen LogP) is 4.44. The van der Waals surface area contributed by atoms with Crippen molar-refractivity contribution >= 4 is 11.6 Å². The molecule has 7 heteroatoms. The maximum absolute atomic E-state index is 13.1. The molecule has 0 N–H and O–H groups in total. The van der Waals surface area contributed by atoms with Gasteiger partial charge in [0.25, 0.3) is 0 Å². The van der Waals surface area contributed by atoms with Gasteiger partial charge in [0.1, 0.15) is 5.56 Å². The van der Waals surface area contributed by atoms with Crippen LogP contribution in [0.3, 0.4) is 0 Å². The zero-order valence-electron chi connectivity index (χ0n) is 13.1. The molecule has 0 amide bonds. The van der Waals surface area contributed by atoms with E-state index in [-0.39, 0.29) is 5.95 Å². The fourth-order valence-corrected chi connectivity index (χ4v) is 2.04. The van der Waals surface area contributed by atoms with Crippen molar-refractivity contribution in [3.8, 4) is 5.88 Å². The normalized spacial score (nSPS) is 11.6. The Morgan fingerprint density at radius 2 is 1.83 bits per heavy atom. The Kier molecular flexibility index (Phi) is 5.08. The quantitative estimate of drug-likeness (QED) is 0.814. The van der Waals surface area contributed by atoms with Gasteiger partial charge in [0, 0.05) is 18.4 Å². The van der Waals surface area contributed by atoms with Crippen LogP contribution < -0.4 is 9.64 Å². The van der Waals surface area contributed by atoms with Crippen LogP contribution in [0.25, 0.3) is 0 Å². The molecule has 0 saturated heterocycles. The van der Waals surface area contributed by atoms with Crippen LogP contribution in [0.5, 0.6) is 5.88 Å². The number of para-hydroxylation sites is 1. The van der Waals surface area contributed by atoms with E-state index in [9.17, 15) is 13.2 Å². The van der Waals surface area contributed by atoms with Crippen molar-refractivity contribution in [2.24, 2.45) is 0 Å². The fourth-order valence-electron chi connectivity index (χ4n) is 2.04. The number of aromatic nitrogens is 2. The molecule has 0 aliphatic rings. The Labute approximate surface area is 132 Å². The van der Waals surface area contributed by atoms with Crippen LogP contribution in [0.1, 0.15) is 26.3 Å².